The van der Waals surface area contributed by atoms with E-state index in [9.17, 15) is 4.79 Å². The van der Waals surface area contributed by atoms with E-state index in [1.807, 2.05) is 59.2 Å². The predicted octanol–water partition coefficient (Wildman–Crippen LogP) is 0.340. The average molecular weight is 366 g/mol. The molecule has 1 aromatic carbocycles. The lowest BCUT2D eigenvalue weighted by atomic mass is 10.1. The lowest BCUT2D eigenvalue weighted by molar-refractivity contribution is -0.135. The van der Waals surface area contributed by atoms with Crippen molar-refractivity contribution in [1.82, 2.24) is 39.6 Å². The quantitative estimate of drug-likeness (QED) is 0.647. The van der Waals surface area contributed by atoms with Crippen LogP contribution in [0.2, 0.25) is 0 Å². The minimum Gasteiger partial charge on any atom is -0.338 e. The van der Waals surface area contributed by atoms with E-state index in [4.69, 9.17) is 0 Å². The number of aryl methyl sites for hydroxylation is 1. The van der Waals surface area contributed by atoms with Crippen LogP contribution in [0.15, 0.2) is 49.1 Å². The first-order valence-corrected chi connectivity index (χ1v) is 8.97. The van der Waals surface area contributed by atoms with Gasteiger partial charge in [0.25, 0.3) is 5.91 Å². The minimum absolute atomic E-state index is 0.0186. The zero-order valence-corrected chi connectivity index (χ0v) is 15.2. The largest absolute Gasteiger partial charge is 0.338 e. The van der Waals surface area contributed by atoms with E-state index in [0.29, 0.717) is 13.1 Å². The van der Waals surface area contributed by atoms with Crippen LogP contribution >= 0.6 is 0 Å². The number of nitrogens with zero attached hydrogens (tertiary/aromatic N) is 8. The van der Waals surface area contributed by atoms with E-state index in [1.54, 1.807) is 0 Å². The van der Waals surface area contributed by atoms with E-state index in [1.165, 1.54) is 11.0 Å². The summed E-state index contributed by atoms with van der Waals surface area (Å²) in [6, 6.07) is 9.10. The fourth-order valence-electron chi connectivity index (χ4n) is 3.38. The molecule has 1 aliphatic heterocycles. The number of hydrogen-bond acceptors (Lipinski definition) is 6. The summed E-state index contributed by atoms with van der Waals surface area (Å²) < 4.78 is 3.55. The third-order valence-electron chi connectivity index (χ3n) is 4.95. The molecule has 1 fully saturated rings. The predicted molar refractivity (Wildman–Crippen MR) is 97.5 cm³/mol. The zero-order valence-electron chi connectivity index (χ0n) is 15.2. The molecule has 3 aromatic rings. The van der Waals surface area contributed by atoms with Crippen LogP contribution in [0.25, 0.3) is 0 Å². The van der Waals surface area contributed by atoms with Crippen LogP contribution in [-0.2, 0) is 18.4 Å². The summed E-state index contributed by atoms with van der Waals surface area (Å²) >= 11 is 0. The highest BCUT2D eigenvalue weighted by Crippen LogP contribution is 2.21. The van der Waals surface area contributed by atoms with Crippen molar-refractivity contribution in [3.63, 3.8) is 0 Å². The second kappa shape index (κ2) is 7.67. The number of carbonyl (C=O) groups is 1. The Hall–Kier alpha value is -3.07. The molecule has 0 bridgehead atoms. The number of tetrazole rings is 1. The summed E-state index contributed by atoms with van der Waals surface area (Å²) in [5.41, 5.74) is 0.880. The molecule has 1 atom stereocenters. The number of carbonyl (C=O) groups excluding carboxylic acids is 1. The van der Waals surface area contributed by atoms with E-state index in [2.05, 4.69) is 25.4 Å². The third-order valence-corrected chi connectivity index (χ3v) is 4.95. The molecular formula is C18H22N8O. The molecule has 0 radical (unpaired) electrons. The van der Waals surface area contributed by atoms with Crippen molar-refractivity contribution < 1.29 is 4.79 Å². The Morgan fingerprint density at radius 1 is 1.15 bits per heavy atom. The van der Waals surface area contributed by atoms with Gasteiger partial charge in [-0.3, -0.25) is 9.69 Å². The maximum Gasteiger partial charge on any atom is 0.252 e. The van der Waals surface area contributed by atoms with Crippen molar-refractivity contribution in [2.45, 2.75) is 12.6 Å². The molecular weight excluding hydrogens is 344 g/mol. The molecule has 0 aliphatic carbocycles. The number of aromatic nitrogens is 6. The van der Waals surface area contributed by atoms with Gasteiger partial charge in [-0.25, -0.2) is 9.67 Å². The molecule has 1 aliphatic rings. The van der Waals surface area contributed by atoms with Crippen molar-refractivity contribution in [3.05, 3.63) is 60.4 Å². The van der Waals surface area contributed by atoms with E-state index < -0.39 is 6.04 Å². The van der Waals surface area contributed by atoms with Gasteiger partial charge in [0.15, 0.2) is 6.04 Å². The summed E-state index contributed by atoms with van der Waals surface area (Å²) in [6.45, 7) is 3.77. The van der Waals surface area contributed by atoms with Crippen LogP contribution in [0.4, 0.5) is 0 Å². The Labute approximate surface area is 157 Å². The number of piperazine rings is 1. The monoisotopic (exact) mass is 366 g/mol. The Morgan fingerprint density at radius 3 is 2.56 bits per heavy atom. The number of benzene rings is 1. The lowest BCUT2D eigenvalue weighted by Crippen LogP contribution is -2.50. The van der Waals surface area contributed by atoms with Crippen LogP contribution in [0.1, 0.15) is 17.4 Å². The van der Waals surface area contributed by atoms with Crippen LogP contribution in [-0.4, -0.2) is 71.6 Å². The van der Waals surface area contributed by atoms with E-state index in [-0.39, 0.29) is 5.91 Å². The van der Waals surface area contributed by atoms with Crippen molar-refractivity contribution >= 4 is 5.91 Å². The first-order chi connectivity index (χ1) is 13.2. The van der Waals surface area contributed by atoms with Gasteiger partial charge in [-0.1, -0.05) is 30.3 Å². The molecule has 9 nitrogen and oxygen atoms in total. The molecule has 0 spiro atoms. The molecule has 0 saturated carbocycles. The molecule has 27 heavy (non-hydrogen) atoms. The van der Waals surface area contributed by atoms with Crippen LogP contribution < -0.4 is 0 Å². The second-order valence-electron chi connectivity index (χ2n) is 6.66. The Bertz CT molecular complexity index is 868. The minimum atomic E-state index is -0.540. The first-order valence-electron chi connectivity index (χ1n) is 8.97. The van der Waals surface area contributed by atoms with Gasteiger partial charge < -0.3 is 9.47 Å². The topological polar surface area (TPSA) is 85.0 Å². The van der Waals surface area contributed by atoms with Crippen molar-refractivity contribution in [3.8, 4) is 0 Å². The normalized spacial score (nSPS) is 16.4. The van der Waals surface area contributed by atoms with Gasteiger partial charge >= 0.3 is 0 Å². The van der Waals surface area contributed by atoms with Gasteiger partial charge in [-0.2, -0.15) is 0 Å². The first kappa shape index (κ1) is 17.3. The molecule has 1 saturated heterocycles. The Balaban J connectivity index is 1.45. The fraction of sp³-hybridized carbons (Fsp3) is 0.389. The second-order valence-corrected chi connectivity index (χ2v) is 6.66. The van der Waals surface area contributed by atoms with Gasteiger partial charge in [-0.15, -0.1) is 5.10 Å². The lowest BCUT2D eigenvalue weighted by Gasteiger charge is -2.36. The summed E-state index contributed by atoms with van der Waals surface area (Å²) in [7, 11) is 2.00. The number of rotatable bonds is 5. The maximum absolute atomic E-state index is 13.2. The van der Waals surface area contributed by atoms with E-state index in [0.717, 1.165) is 31.0 Å². The summed E-state index contributed by atoms with van der Waals surface area (Å²) in [6.07, 6.45) is 5.25. The zero-order chi connectivity index (χ0) is 18.6. The summed E-state index contributed by atoms with van der Waals surface area (Å²) in [4.78, 5) is 21.8. The maximum atomic E-state index is 13.2. The number of imidazole rings is 1. The average Bonchev–Trinajstić information content (AvgIpc) is 3.36. The highest BCUT2D eigenvalue weighted by Gasteiger charge is 2.30. The van der Waals surface area contributed by atoms with Crippen molar-refractivity contribution in [2.24, 2.45) is 7.05 Å². The van der Waals surface area contributed by atoms with Crippen LogP contribution in [0.5, 0.6) is 0 Å². The molecule has 0 N–H and O–H groups in total. The number of amides is 1. The molecule has 1 amide bonds. The molecule has 3 heterocycles. The fourth-order valence-corrected chi connectivity index (χ4v) is 3.38. The molecule has 4 rings (SSSR count). The van der Waals surface area contributed by atoms with Crippen LogP contribution in [0.3, 0.4) is 0 Å². The highest BCUT2D eigenvalue weighted by molar-refractivity contribution is 5.83. The number of hydrogen-bond donors (Lipinski definition) is 0. The summed E-state index contributed by atoms with van der Waals surface area (Å²) in [5.74, 6) is 1.05. The van der Waals surface area contributed by atoms with Crippen molar-refractivity contribution in [1.29, 1.82) is 0 Å². The van der Waals surface area contributed by atoms with Gasteiger partial charge in [0.05, 0.1) is 6.54 Å². The molecule has 2 aromatic heterocycles. The smallest absolute Gasteiger partial charge is 0.252 e. The Kier molecular flexibility index (Phi) is 4.93. The summed E-state index contributed by atoms with van der Waals surface area (Å²) in [5, 5.41) is 11.4. The standard InChI is InChI=1S/C18H22N8O/c1-23-8-7-19-16(23)13-24-9-11-25(12-10-24)18(27)17(26-14-20-21-22-26)15-5-3-2-4-6-15/h2-8,14,17H,9-13H2,1H3. The highest BCUT2D eigenvalue weighted by atomic mass is 16.2. The van der Waals surface area contributed by atoms with E-state index >= 15 is 0 Å². The SMILES string of the molecule is Cn1ccnc1CN1CCN(C(=O)C(c2ccccc2)n2cnnn2)CC1. The molecule has 140 valence electrons. The third kappa shape index (κ3) is 3.72. The molecule has 9 heteroatoms. The van der Waals surface area contributed by atoms with Crippen LogP contribution in [0, 0.1) is 0 Å². The van der Waals surface area contributed by atoms with Gasteiger partial charge in [0.1, 0.15) is 12.2 Å². The molecule has 1 unspecified atom stereocenters. The van der Waals surface area contributed by atoms with Gasteiger partial charge in [0.2, 0.25) is 0 Å². The Morgan fingerprint density at radius 2 is 1.93 bits per heavy atom. The van der Waals surface area contributed by atoms with Gasteiger partial charge in [0, 0.05) is 45.6 Å². The van der Waals surface area contributed by atoms with Crippen molar-refractivity contribution in [2.75, 3.05) is 26.2 Å². The van der Waals surface area contributed by atoms with Gasteiger partial charge in [-0.05, 0) is 16.0 Å².